The minimum Gasteiger partial charge on any atom is -0.378 e. The first-order valence-corrected chi connectivity index (χ1v) is 9.01. The third-order valence-corrected chi connectivity index (χ3v) is 5.05. The number of rotatable bonds is 3. The van der Waals surface area contributed by atoms with E-state index in [-0.39, 0.29) is 18.1 Å². The monoisotopic (exact) mass is 341 g/mol. The molecule has 132 valence electrons. The molecule has 1 aliphatic heterocycles. The molecule has 2 aromatic rings. The van der Waals surface area contributed by atoms with Gasteiger partial charge in [0.05, 0.1) is 24.2 Å². The number of morpholine rings is 1. The molecule has 2 aliphatic rings. The highest BCUT2D eigenvalue weighted by atomic mass is 16.5. The van der Waals surface area contributed by atoms with Crippen molar-refractivity contribution in [3.05, 3.63) is 40.8 Å². The normalized spacial score (nSPS) is 18.4. The number of hydrogen-bond donors (Lipinski definition) is 0. The molecule has 1 aliphatic carbocycles. The number of carbonyl (C=O) groups excluding carboxylic acids is 1. The van der Waals surface area contributed by atoms with E-state index in [1.165, 1.54) is 6.42 Å². The Hall–Kier alpha value is -2.34. The molecule has 1 saturated heterocycles. The number of aromatic nitrogens is 2. The molecular formula is C19H23N3O3. The quantitative estimate of drug-likeness (QED) is 0.859. The van der Waals surface area contributed by atoms with Gasteiger partial charge in [-0.15, -0.1) is 0 Å². The predicted molar refractivity (Wildman–Crippen MR) is 96.3 cm³/mol. The lowest BCUT2D eigenvalue weighted by Gasteiger charge is -2.26. The Morgan fingerprint density at radius 2 is 1.84 bits per heavy atom. The van der Waals surface area contributed by atoms with Crippen LogP contribution in [0.5, 0.6) is 0 Å². The van der Waals surface area contributed by atoms with Crippen molar-refractivity contribution in [1.82, 2.24) is 14.0 Å². The van der Waals surface area contributed by atoms with Gasteiger partial charge in [0.15, 0.2) is 0 Å². The zero-order valence-electron chi connectivity index (χ0n) is 14.3. The van der Waals surface area contributed by atoms with Crippen LogP contribution in [0.15, 0.2) is 35.1 Å². The number of nitrogens with zero attached hydrogens (tertiary/aromatic N) is 3. The molecule has 1 aromatic carbocycles. The van der Waals surface area contributed by atoms with Crippen LogP contribution < -0.4 is 5.69 Å². The van der Waals surface area contributed by atoms with Crippen molar-refractivity contribution in [1.29, 1.82) is 0 Å². The van der Waals surface area contributed by atoms with E-state index in [2.05, 4.69) is 6.08 Å². The fourth-order valence-electron chi connectivity index (χ4n) is 3.71. The number of fused-ring (bicyclic) bond motifs is 1. The molecule has 0 unspecified atom stereocenters. The van der Waals surface area contributed by atoms with E-state index in [4.69, 9.17) is 4.74 Å². The van der Waals surface area contributed by atoms with Gasteiger partial charge in [0.25, 0.3) is 0 Å². The molecule has 4 rings (SSSR count). The number of allylic oxidation sites excluding steroid dienone is 2. The Labute approximate surface area is 146 Å². The van der Waals surface area contributed by atoms with Gasteiger partial charge in [-0.3, -0.25) is 13.9 Å². The lowest BCUT2D eigenvalue weighted by Crippen LogP contribution is -2.43. The van der Waals surface area contributed by atoms with Crippen molar-refractivity contribution in [3.8, 4) is 0 Å². The number of amides is 1. The number of para-hydroxylation sites is 2. The molecule has 6 heteroatoms. The Balaban J connectivity index is 1.74. The number of hydrogen-bond acceptors (Lipinski definition) is 3. The molecule has 1 fully saturated rings. The van der Waals surface area contributed by atoms with Gasteiger partial charge in [-0.2, -0.15) is 0 Å². The smallest absolute Gasteiger partial charge is 0.333 e. The van der Waals surface area contributed by atoms with Crippen LogP contribution in [0, 0.1) is 0 Å². The van der Waals surface area contributed by atoms with Crippen LogP contribution in [-0.4, -0.2) is 46.2 Å². The van der Waals surface area contributed by atoms with Crippen molar-refractivity contribution in [3.63, 3.8) is 0 Å². The highest BCUT2D eigenvalue weighted by Gasteiger charge is 2.22. The second-order valence-corrected chi connectivity index (χ2v) is 6.63. The Morgan fingerprint density at radius 3 is 2.56 bits per heavy atom. The summed E-state index contributed by atoms with van der Waals surface area (Å²) in [5.74, 6) is -0.0223. The topological polar surface area (TPSA) is 56.5 Å². The maximum absolute atomic E-state index is 13.1. The van der Waals surface area contributed by atoms with Gasteiger partial charge in [-0.05, 0) is 37.8 Å². The van der Waals surface area contributed by atoms with Crippen molar-refractivity contribution < 1.29 is 9.53 Å². The highest BCUT2D eigenvalue weighted by Crippen LogP contribution is 2.24. The summed E-state index contributed by atoms with van der Waals surface area (Å²) in [6, 6.07) is 7.73. The average Bonchev–Trinajstić information content (AvgIpc) is 2.95. The van der Waals surface area contributed by atoms with Crippen LogP contribution in [0.4, 0.5) is 0 Å². The van der Waals surface area contributed by atoms with E-state index in [1.807, 2.05) is 24.3 Å². The molecule has 0 spiro atoms. The van der Waals surface area contributed by atoms with E-state index in [0.717, 1.165) is 36.0 Å². The molecule has 0 atom stereocenters. The number of carbonyl (C=O) groups is 1. The summed E-state index contributed by atoms with van der Waals surface area (Å²) in [7, 11) is 0. The maximum atomic E-state index is 13.1. The standard InChI is InChI=1S/C19H23N3O3/c23-18(20-10-12-25-13-11-20)14-21-16-8-4-5-9-17(16)22(19(21)24)15-6-2-1-3-7-15/h4-6,8-9H,1-3,7,10-14H2. The van der Waals surface area contributed by atoms with E-state index in [0.29, 0.717) is 26.3 Å². The molecule has 1 aromatic heterocycles. The predicted octanol–water partition coefficient (Wildman–Crippen LogP) is 2.08. The van der Waals surface area contributed by atoms with Crippen LogP contribution in [0.1, 0.15) is 25.7 Å². The van der Waals surface area contributed by atoms with Crippen LogP contribution in [0.3, 0.4) is 0 Å². The average molecular weight is 341 g/mol. The largest absolute Gasteiger partial charge is 0.378 e. The minimum atomic E-state index is -0.115. The first-order chi connectivity index (χ1) is 12.3. The Morgan fingerprint density at radius 1 is 1.08 bits per heavy atom. The van der Waals surface area contributed by atoms with Gasteiger partial charge in [0, 0.05) is 18.8 Å². The van der Waals surface area contributed by atoms with E-state index >= 15 is 0 Å². The van der Waals surface area contributed by atoms with Crippen LogP contribution in [0.25, 0.3) is 16.7 Å². The van der Waals surface area contributed by atoms with E-state index in [9.17, 15) is 9.59 Å². The Kier molecular flexibility index (Phi) is 4.44. The van der Waals surface area contributed by atoms with E-state index in [1.54, 1.807) is 14.0 Å². The summed E-state index contributed by atoms with van der Waals surface area (Å²) in [5, 5.41) is 0. The van der Waals surface area contributed by atoms with Gasteiger partial charge in [0.2, 0.25) is 5.91 Å². The van der Waals surface area contributed by atoms with Crippen LogP contribution >= 0.6 is 0 Å². The fraction of sp³-hybridized carbons (Fsp3) is 0.474. The molecule has 0 N–H and O–H groups in total. The molecule has 6 nitrogen and oxygen atoms in total. The molecule has 25 heavy (non-hydrogen) atoms. The lowest BCUT2D eigenvalue weighted by atomic mass is 10.0. The van der Waals surface area contributed by atoms with Crippen molar-refractivity contribution >= 4 is 22.6 Å². The zero-order valence-corrected chi connectivity index (χ0v) is 14.3. The number of ether oxygens (including phenoxy) is 1. The fourth-order valence-corrected chi connectivity index (χ4v) is 3.71. The van der Waals surface area contributed by atoms with Crippen LogP contribution in [0.2, 0.25) is 0 Å². The minimum absolute atomic E-state index is 0.0223. The molecular weight excluding hydrogens is 318 g/mol. The van der Waals surface area contributed by atoms with Gasteiger partial charge < -0.3 is 9.64 Å². The maximum Gasteiger partial charge on any atom is 0.333 e. The summed E-state index contributed by atoms with van der Waals surface area (Å²) in [4.78, 5) is 27.5. The van der Waals surface area contributed by atoms with Gasteiger partial charge in [0.1, 0.15) is 6.54 Å². The number of benzene rings is 1. The SMILES string of the molecule is O=C(Cn1c(=O)n(C2=CCCCC2)c2ccccc21)N1CCOCC1. The van der Waals surface area contributed by atoms with Crippen molar-refractivity contribution in [2.45, 2.75) is 32.2 Å². The lowest BCUT2D eigenvalue weighted by molar-refractivity contribution is -0.135. The first-order valence-electron chi connectivity index (χ1n) is 9.01. The summed E-state index contributed by atoms with van der Waals surface area (Å²) in [6.07, 6.45) is 6.35. The van der Waals surface area contributed by atoms with Gasteiger partial charge in [-0.25, -0.2) is 4.79 Å². The van der Waals surface area contributed by atoms with E-state index < -0.39 is 0 Å². The third-order valence-electron chi connectivity index (χ3n) is 5.05. The highest BCUT2D eigenvalue weighted by molar-refractivity contribution is 5.83. The third kappa shape index (κ3) is 3.02. The Bertz CT molecular complexity index is 872. The summed E-state index contributed by atoms with van der Waals surface area (Å²) in [6.45, 7) is 2.40. The summed E-state index contributed by atoms with van der Waals surface area (Å²) >= 11 is 0. The molecule has 0 saturated carbocycles. The zero-order chi connectivity index (χ0) is 17.2. The van der Waals surface area contributed by atoms with Crippen molar-refractivity contribution in [2.24, 2.45) is 0 Å². The van der Waals surface area contributed by atoms with Crippen LogP contribution in [-0.2, 0) is 16.1 Å². The van der Waals surface area contributed by atoms with Gasteiger partial charge >= 0.3 is 5.69 Å². The molecule has 1 amide bonds. The van der Waals surface area contributed by atoms with Crippen molar-refractivity contribution in [2.75, 3.05) is 26.3 Å². The molecule has 0 bridgehead atoms. The molecule has 2 heterocycles. The summed E-state index contributed by atoms with van der Waals surface area (Å²) in [5.41, 5.74) is 2.65. The van der Waals surface area contributed by atoms with Gasteiger partial charge in [-0.1, -0.05) is 18.2 Å². The summed E-state index contributed by atoms with van der Waals surface area (Å²) < 4.78 is 8.71. The second kappa shape index (κ2) is 6.88. The first kappa shape index (κ1) is 16.1. The second-order valence-electron chi connectivity index (χ2n) is 6.63. The molecule has 0 radical (unpaired) electrons. The number of imidazole rings is 1.